The van der Waals surface area contributed by atoms with Crippen LogP contribution in [-0.4, -0.2) is 69.1 Å². The zero-order chi connectivity index (χ0) is 18.1. The molecule has 0 atom stereocenters. The third-order valence-corrected chi connectivity index (χ3v) is 4.13. The van der Waals surface area contributed by atoms with Crippen LogP contribution < -0.4 is 5.32 Å². The number of hydrogen-bond acceptors (Lipinski definition) is 3. The van der Waals surface area contributed by atoms with Crippen molar-refractivity contribution in [3.63, 3.8) is 0 Å². The molecule has 0 heterocycles. The first-order valence-corrected chi connectivity index (χ1v) is 8.87. The first kappa shape index (κ1) is 19.2. The van der Waals surface area contributed by atoms with E-state index in [1.54, 1.807) is 19.0 Å². The molecule has 1 aliphatic rings. The third kappa shape index (κ3) is 7.56. The van der Waals surface area contributed by atoms with Gasteiger partial charge in [0.15, 0.2) is 5.96 Å². The van der Waals surface area contributed by atoms with Gasteiger partial charge in [-0.05, 0) is 24.3 Å². The topological polar surface area (TPSA) is 57.2 Å². The van der Waals surface area contributed by atoms with Gasteiger partial charge in [0, 0.05) is 34.3 Å². The Labute approximate surface area is 150 Å². The van der Waals surface area contributed by atoms with Crippen molar-refractivity contribution in [2.45, 2.75) is 19.4 Å². The number of amides is 1. The van der Waals surface area contributed by atoms with Crippen LogP contribution in [0.5, 0.6) is 0 Å². The largest absolute Gasteiger partial charge is 0.379 e. The highest BCUT2D eigenvalue weighted by atomic mass is 16.5. The molecular formula is C19H30N4O2. The van der Waals surface area contributed by atoms with Gasteiger partial charge >= 0.3 is 0 Å². The van der Waals surface area contributed by atoms with Crippen LogP contribution in [-0.2, 0) is 16.1 Å². The van der Waals surface area contributed by atoms with Crippen molar-refractivity contribution in [1.29, 1.82) is 0 Å². The first-order valence-electron chi connectivity index (χ1n) is 8.87. The number of likely N-dealkylation sites (N-methyl/N-ethyl adjacent to an activating group) is 2. The van der Waals surface area contributed by atoms with E-state index in [0.29, 0.717) is 19.1 Å². The van der Waals surface area contributed by atoms with E-state index in [4.69, 9.17) is 4.74 Å². The molecule has 1 amide bonds. The van der Waals surface area contributed by atoms with E-state index in [-0.39, 0.29) is 12.5 Å². The summed E-state index contributed by atoms with van der Waals surface area (Å²) in [7, 11) is 5.47. The van der Waals surface area contributed by atoms with Crippen LogP contribution in [0, 0.1) is 5.92 Å². The monoisotopic (exact) mass is 346 g/mol. The summed E-state index contributed by atoms with van der Waals surface area (Å²) in [5.74, 6) is 1.51. The molecule has 138 valence electrons. The Hall–Kier alpha value is -2.08. The lowest BCUT2D eigenvalue weighted by atomic mass is 10.2. The smallest absolute Gasteiger partial charge is 0.241 e. The van der Waals surface area contributed by atoms with E-state index in [0.717, 1.165) is 24.6 Å². The number of hydrogen-bond donors (Lipinski definition) is 1. The Morgan fingerprint density at radius 3 is 2.60 bits per heavy atom. The highest BCUT2D eigenvalue weighted by molar-refractivity contribution is 5.86. The quantitative estimate of drug-likeness (QED) is 0.419. The summed E-state index contributed by atoms with van der Waals surface area (Å²) in [5, 5.41) is 3.16. The molecule has 1 N–H and O–H groups in total. The average molecular weight is 346 g/mol. The SMILES string of the molecule is CN(C)C(=O)CNC(=NCc1ccccc1)N(C)CCOCC1CC1. The van der Waals surface area contributed by atoms with Crippen LogP contribution in [0.1, 0.15) is 18.4 Å². The van der Waals surface area contributed by atoms with Crippen molar-refractivity contribution in [1.82, 2.24) is 15.1 Å². The summed E-state index contributed by atoms with van der Waals surface area (Å²) in [5.41, 5.74) is 1.14. The molecule has 1 aliphatic carbocycles. The average Bonchev–Trinajstić information content (AvgIpc) is 3.43. The number of aliphatic imine (C=N–C) groups is 1. The van der Waals surface area contributed by atoms with E-state index < -0.39 is 0 Å². The van der Waals surface area contributed by atoms with Crippen LogP contribution >= 0.6 is 0 Å². The zero-order valence-electron chi connectivity index (χ0n) is 15.6. The fourth-order valence-electron chi connectivity index (χ4n) is 2.22. The molecule has 6 heteroatoms. The molecule has 0 bridgehead atoms. The highest BCUT2D eigenvalue weighted by Crippen LogP contribution is 2.28. The zero-order valence-corrected chi connectivity index (χ0v) is 15.6. The van der Waals surface area contributed by atoms with Crippen LogP contribution in [0.4, 0.5) is 0 Å². The number of ether oxygens (including phenoxy) is 1. The standard InChI is InChI=1S/C19H30N4O2/c1-22(2)18(24)14-21-19(20-13-16-7-5-4-6-8-16)23(3)11-12-25-15-17-9-10-17/h4-8,17H,9-15H2,1-3H3,(H,20,21). The minimum atomic E-state index is 0.0193. The van der Waals surface area contributed by atoms with Crippen molar-refractivity contribution in [3.8, 4) is 0 Å². The van der Waals surface area contributed by atoms with Crippen LogP contribution in [0.15, 0.2) is 35.3 Å². The first-order chi connectivity index (χ1) is 12.1. The predicted octanol–water partition coefficient (Wildman–Crippen LogP) is 1.58. The maximum Gasteiger partial charge on any atom is 0.241 e. The molecule has 1 fully saturated rings. The van der Waals surface area contributed by atoms with Crippen molar-refractivity contribution >= 4 is 11.9 Å². The number of guanidine groups is 1. The Morgan fingerprint density at radius 2 is 1.96 bits per heavy atom. The predicted molar refractivity (Wildman–Crippen MR) is 100 cm³/mol. The van der Waals surface area contributed by atoms with Crippen molar-refractivity contribution < 1.29 is 9.53 Å². The van der Waals surface area contributed by atoms with Gasteiger partial charge in [0.05, 0.1) is 19.7 Å². The number of benzene rings is 1. The number of nitrogens with one attached hydrogen (secondary N) is 1. The number of nitrogens with zero attached hydrogens (tertiary/aromatic N) is 3. The van der Waals surface area contributed by atoms with Gasteiger partial charge in [-0.1, -0.05) is 30.3 Å². The number of carbonyl (C=O) groups excluding carboxylic acids is 1. The second kappa shape index (κ2) is 10.0. The molecule has 6 nitrogen and oxygen atoms in total. The van der Waals surface area contributed by atoms with E-state index in [9.17, 15) is 4.79 Å². The number of rotatable bonds is 9. The van der Waals surface area contributed by atoms with Gasteiger partial charge in [-0.25, -0.2) is 4.99 Å². The Morgan fingerprint density at radius 1 is 1.24 bits per heavy atom. The maximum atomic E-state index is 11.9. The van der Waals surface area contributed by atoms with Gasteiger partial charge in [-0.15, -0.1) is 0 Å². The van der Waals surface area contributed by atoms with Crippen LogP contribution in [0.3, 0.4) is 0 Å². The van der Waals surface area contributed by atoms with Crippen molar-refractivity contribution in [2.75, 3.05) is 47.4 Å². The second-order valence-corrected chi connectivity index (χ2v) is 6.71. The Kier molecular flexibility index (Phi) is 7.73. The summed E-state index contributed by atoms with van der Waals surface area (Å²) >= 11 is 0. The van der Waals surface area contributed by atoms with Gasteiger partial charge in [0.1, 0.15) is 0 Å². The minimum Gasteiger partial charge on any atom is -0.379 e. The molecule has 2 rings (SSSR count). The molecule has 0 aromatic heterocycles. The van der Waals surface area contributed by atoms with E-state index in [2.05, 4.69) is 10.3 Å². The molecule has 25 heavy (non-hydrogen) atoms. The van der Waals surface area contributed by atoms with Crippen LogP contribution in [0.2, 0.25) is 0 Å². The summed E-state index contributed by atoms with van der Waals surface area (Å²) < 4.78 is 5.71. The van der Waals surface area contributed by atoms with E-state index in [1.165, 1.54) is 12.8 Å². The van der Waals surface area contributed by atoms with Gasteiger partial charge in [-0.3, -0.25) is 4.79 Å². The Balaban J connectivity index is 1.87. The molecular weight excluding hydrogens is 316 g/mol. The van der Waals surface area contributed by atoms with E-state index in [1.807, 2.05) is 42.3 Å². The third-order valence-electron chi connectivity index (χ3n) is 4.13. The summed E-state index contributed by atoms with van der Waals surface area (Å²) in [6.45, 7) is 3.07. The molecule has 0 radical (unpaired) electrons. The van der Waals surface area contributed by atoms with Crippen molar-refractivity contribution in [3.05, 3.63) is 35.9 Å². The second-order valence-electron chi connectivity index (χ2n) is 6.71. The fraction of sp³-hybridized carbons (Fsp3) is 0.579. The lowest BCUT2D eigenvalue weighted by Gasteiger charge is -2.23. The number of carbonyl (C=O) groups is 1. The molecule has 0 saturated heterocycles. The molecule has 1 aromatic rings. The fourth-order valence-corrected chi connectivity index (χ4v) is 2.22. The van der Waals surface area contributed by atoms with Gasteiger partial charge in [0.2, 0.25) is 5.91 Å². The molecule has 0 unspecified atom stereocenters. The van der Waals surface area contributed by atoms with Gasteiger partial charge in [-0.2, -0.15) is 0 Å². The highest BCUT2D eigenvalue weighted by Gasteiger charge is 2.21. The minimum absolute atomic E-state index is 0.0193. The van der Waals surface area contributed by atoms with Crippen molar-refractivity contribution in [2.24, 2.45) is 10.9 Å². The summed E-state index contributed by atoms with van der Waals surface area (Å²) in [4.78, 5) is 20.1. The molecule has 0 aliphatic heterocycles. The molecule has 1 saturated carbocycles. The van der Waals surface area contributed by atoms with Crippen LogP contribution in [0.25, 0.3) is 0 Å². The lowest BCUT2D eigenvalue weighted by Crippen LogP contribution is -2.44. The summed E-state index contributed by atoms with van der Waals surface area (Å²) in [6, 6.07) is 10.1. The molecule has 0 spiro atoms. The lowest BCUT2D eigenvalue weighted by molar-refractivity contribution is -0.127. The van der Waals surface area contributed by atoms with Gasteiger partial charge < -0.3 is 19.9 Å². The Bertz CT molecular complexity index is 556. The maximum absolute atomic E-state index is 11.9. The normalized spacial score (nSPS) is 14.3. The van der Waals surface area contributed by atoms with E-state index >= 15 is 0 Å². The van der Waals surface area contributed by atoms with Gasteiger partial charge in [0.25, 0.3) is 0 Å². The summed E-state index contributed by atoms with van der Waals surface area (Å²) in [6.07, 6.45) is 2.60. The molecule has 1 aromatic carbocycles.